The van der Waals surface area contributed by atoms with Crippen LogP contribution in [-0.4, -0.2) is 37.5 Å². The monoisotopic (exact) mass is 518 g/mol. The summed E-state index contributed by atoms with van der Waals surface area (Å²) >= 11 is 0. The summed E-state index contributed by atoms with van der Waals surface area (Å²) < 4.78 is 38.8. The van der Waals surface area contributed by atoms with E-state index in [0.717, 1.165) is 16.4 Å². The van der Waals surface area contributed by atoms with E-state index in [-0.39, 0.29) is 22.1 Å². The highest BCUT2D eigenvalue weighted by Crippen LogP contribution is 2.31. The summed E-state index contributed by atoms with van der Waals surface area (Å²) in [5, 5.41) is 18.1. The van der Waals surface area contributed by atoms with E-state index in [2.05, 4.69) is 10.4 Å². The number of hydrogen-bond acceptors (Lipinski definition) is 5. The Bertz CT molecular complexity index is 1750. The van der Waals surface area contributed by atoms with Gasteiger partial charge in [0.15, 0.2) is 5.58 Å². The first-order valence-corrected chi connectivity index (χ1v) is 12.3. The zero-order valence-electron chi connectivity index (χ0n) is 20.4. The fraction of sp³-hybridized carbons (Fsp3) is 0.250. The van der Waals surface area contributed by atoms with Gasteiger partial charge in [0.25, 0.3) is 11.5 Å². The van der Waals surface area contributed by atoms with E-state index in [1.54, 1.807) is 30.1 Å². The topological polar surface area (TPSA) is 102 Å². The van der Waals surface area contributed by atoms with Crippen LogP contribution in [0.4, 0.5) is 8.78 Å². The molecule has 0 saturated heterocycles. The van der Waals surface area contributed by atoms with Crippen LogP contribution >= 0.6 is 0 Å². The van der Waals surface area contributed by atoms with Crippen molar-refractivity contribution in [3.8, 4) is 11.1 Å². The molecule has 2 atom stereocenters. The fourth-order valence-electron chi connectivity index (χ4n) is 5.24. The lowest BCUT2D eigenvalue weighted by Gasteiger charge is -2.17. The Labute approximate surface area is 215 Å². The van der Waals surface area contributed by atoms with Crippen molar-refractivity contribution in [3.63, 3.8) is 0 Å². The van der Waals surface area contributed by atoms with Crippen LogP contribution in [0.5, 0.6) is 0 Å². The van der Waals surface area contributed by atoms with Crippen molar-refractivity contribution in [1.82, 2.24) is 19.7 Å². The van der Waals surface area contributed by atoms with Crippen molar-refractivity contribution in [2.24, 2.45) is 7.05 Å². The van der Waals surface area contributed by atoms with Gasteiger partial charge in [-0.15, -0.1) is 0 Å². The molecule has 0 aliphatic heterocycles. The van der Waals surface area contributed by atoms with Crippen molar-refractivity contribution in [2.45, 2.75) is 38.0 Å². The minimum absolute atomic E-state index is 0.0457. The molecule has 2 N–H and O–H groups in total. The van der Waals surface area contributed by atoms with Gasteiger partial charge in [-0.3, -0.25) is 14.3 Å². The summed E-state index contributed by atoms with van der Waals surface area (Å²) in [7, 11) is 1.77. The highest BCUT2D eigenvalue weighted by molar-refractivity contribution is 6.04. The maximum Gasteiger partial charge on any atom is 0.262 e. The fourth-order valence-corrected chi connectivity index (χ4v) is 5.24. The number of rotatable bonds is 5. The lowest BCUT2D eigenvalue weighted by Crippen LogP contribution is -2.40. The van der Waals surface area contributed by atoms with E-state index >= 15 is 8.78 Å². The van der Waals surface area contributed by atoms with E-state index in [1.807, 2.05) is 6.07 Å². The Kier molecular flexibility index (Phi) is 5.83. The number of aromatic nitrogens is 3. The third kappa shape index (κ3) is 4.06. The molecule has 1 aliphatic carbocycles. The molecule has 10 heteroatoms. The molecule has 38 heavy (non-hydrogen) atoms. The molecule has 2 aromatic carbocycles. The predicted molar refractivity (Wildman–Crippen MR) is 137 cm³/mol. The van der Waals surface area contributed by atoms with Crippen LogP contribution in [0.2, 0.25) is 0 Å². The Morgan fingerprint density at radius 2 is 1.95 bits per heavy atom. The molecule has 5 aromatic rings. The summed E-state index contributed by atoms with van der Waals surface area (Å²) in [6.45, 7) is -0.429. The predicted octanol–water partition coefficient (Wildman–Crippen LogP) is 4.12. The zero-order valence-corrected chi connectivity index (χ0v) is 20.4. The highest BCUT2D eigenvalue weighted by atomic mass is 19.1. The molecule has 8 nitrogen and oxygen atoms in total. The van der Waals surface area contributed by atoms with Gasteiger partial charge in [0.1, 0.15) is 11.6 Å². The number of hydrogen-bond donors (Lipinski definition) is 2. The van der Waals surface area contributed by atoms with Gasteiger partial charge in [0, 0.05) is 30.4 Å². The van der Waals surface area contributed by atoms with Gasteiger partial charge in [-0.25, -0.2) is 8.78 Å². The number of pyridine rings is 1. The molecule has 0 unspecified atom stereocenters. The van der Waals surface area contributed by atoms with Crippen LogP contribution in [0, 0.1) is 11.6 Å². The van der Waals surface area contributed by atoms with Crippen LogP contribution in [0.3, 0.4) is 0 Å². The van der Waals surface area contributed by atoms with E-state index in [4.69, 9.17) is 4.42 Å². The van der Waals surface area contributed by atoms with Crippen LogP contribution in [0.1, 0.15) is 35.2 Å². The van der Waals surface area contributed by atoms with Crippen molar-refractivity contribution in [2.75, 3.05) is 0 Å². The normalized spacial score (nSPS) is 17.5. The number of amides is 1. The smallest absolute Gasteiger partial charge is 0.262 e. The summed E-state index contributed by atoms with van der Waals surface area (Å²) in [5.41, 5.74) is 0.941. The van der Waals surface area contributed by atoms with Crippen molar-refractivity contribution >= 4 is 27.8 Å². The third-order valence-corrected chi connectivity index (χ3v) is 7.17. The first kappa shape index (κ1) is 24.1. The average molecular weight is 519 g/mol. The Morgan fingerprint density at radius 3 is 2.68 bits per heavy atom. The molecule has 1 saturated carbocycles. The van der Waals surface area contributed by atoms with Gasteiger partial charge in [-0.1, -0.05) is 12.1 Å². The molecular weight excluding hydrogens is 494 g/mol. The maximum atomic E-state index is 15.3. The second-order valence-electron chi connectivity index (χ2n) is 9.68. The molecule has 3 aromatic heterocycles. The van der Waals surface area contributed by atoms with Crippen molar-refractivity contribution in [3.05, 3.63) is 88.2 Å². The van der Waals surface area contributed by atoms with E-state index in [1.165, 1.54) is 30.7 Å². The number of carbonyl (C=O) groups excluding carboxylic acids is 1. The molecule has 1 amide bonds. The molecule has 0 spiro atoms. The standard InChI is InChI=1S/C28H24F2N4O4/c1-33-12-18-16(4-2-5-23(18)32-33)15-10-21(29)19(22(30)11-15)13-34-14-20(26-17(28(34)37)8-9-38-26)27(36)31-24-6-3-7-25(24)35/h2,4-5,8-12,14,24-25,35H,3,6-7,13H2,1H3,(H,31,36)/t24-,25-/m0/s1. The number of benzene rings is 2. The van der Waals surface area contributed by atoms with Gasteiger partial charge in [0.2, 0.25) is 0 Å². The number of aliphatic hydroxyl groups excluding tert-OH is 1. The van der Waals surface area contributed by atoms with E-state index in [0.29, 0.717) is 29.5 Å². The minimum Gasteiger partial charge on any atom is -0.463 e. The Balaban J connectivity index is 1.38. The van der Waals surface area contributed by atoms with Crippen LogP contribution in [-0.2, 0) is 13.6 Å². The first-order chi connectivity index (χ1) is 18.3. The number of nitrogens with zero attached hydrogens (tertiary/aromatic N) is 3. The van der Waals surface area contributed by atoms with Gasteiger partial charge >= 0.3 is 0 Å². The molecule has 0 bridgehead atoms. The summed E-state index contributed by atoms with van der Waals surface area (Å²) in [6.07, 6.45) is 5.65. The second kappa shape index (κ2) is 9.21. The first-order valence-electron chi connectivity index (χ1n) is 12.3. The van der Waals surface area contributed by atoms with Gasteiger partial charge in [0.05, 0.1) is 41.4 Å². The number of nitrogens with one attached hydrogen (secondary N) is 1. The molecule has 6 rings (SSSR count). The van der Waals surface area contributed by atoms with Crippen molar-refractivity contribution < 1.29 is 23.1 Å². The number of furan rings is 1. The van der Waals surface area contributed by atoms with Gasteiger partial charge in [-0.2, -0.15) is 5.10 Å². The highest BCUT2D eigenvalue weighted by Gasteiger charge is 2.28. The zero-order chi connectivity index (χ0) is 26.6. The van der Waals surface area contributed by atoms with Crippen molar-refractivity contribution in [1.29, 1.82) is 0 Å². The van der Waals surface area contributed by atoms with Gasteiger partial charge in [-0.05, 0) is 54.7 Å². The molecule has 194 valence electrons. The summed E-state index contributed by atoms with van der Waals surface area (Å²) in [5.74, 6) is -2.18. The molecule has 0 radical (unpaired) electrons. The lowest BCUT2D eigenvalue weighted by atomic mass is 9.99. The number of carbonyl (C=O) groups is 1. The van der Waals surface area contributed by atoms with E-state index in [9.17, 15) is 14.7 Å². The summed E-state index contributed by atoms with van der Waals surface area (Å²) in [4.78, 5) is 26.2. The molecule has 3 heterocycles. The number of halogens is 2. The third-order valence-electron chi connectivity index (χ3n) is 7.17. The summed E-state index contributed by atoms with van der Waals surface area (Å²) in [6, 6.07) is 8.82. The SMILES string of the molecule is Cn1cc2c(-c3cc(F)c(Cn4cc(C(=O)N[C@H]5CCC[C@@H]5O)c5occc5c4=O)c(F)c3)cccc2n1. The van der Waals surface area contributed by atoms with Gasteiger partial charge < -0.3 is 19.4 Å². The Hall–Kier alpha value is -4.31. The lowest BCUT2D eigenvalue weighted by molar-refractivity contribution is 0.0873. The largest absolute Gasteiger partial charge is 0.463 e. The van der Waals surface area contributed by atoms with Crippen LogP contribution < -0.4 is 10.9 Å². The molecular formula is C28H24F2N4O4. The number of aliphatic hydroxyl groups is 1. The molecule has 1 aliphatic rings. The number of fused-ring (bicyclic) bond motifs is 2. The maximum absolute atomic E-state index is 15.3. The van der Waals surface area contributed by atoms with E-state index < -0.39 is 41.8 Å². The average Bonchev–Trinajstić information content (AvgIpc) is 3.62. The van der Waals surface area contributed by atoms with Crippen LogP contribution in [0.15, 0.2) is 64.3 Å². The number of aryl methyl sites for hydroxylation is 1. The quantitative estimate of drug-likeness (QED) is 0.365. The minimum atomic E-state index is -0.819. The molecule has 1 fully saturated rings. The van der Waals surface area contributed by atoms with Crippen LogP contribution in [0.25, 0.3) is 33.0 Å². The Morgan fingerprint density at radius 1 is 1.16 bits per heavy atom. The second-order valence-corrected chi connectivity index (χ2v) is 9.68.